The van der Waals surface area contributed by atoms with E-state index in [1.807, 2.05) is 11.8 Å². The Kier molecular flexibility index (Phi) is 9.43. The fourth-order valence-corrected chi connectivity index (χ4v) is 5.68. The van der Waals surface area contributed by atoms with Crippen LogP contribution >= 0.6 is 11.8 Å². The van der Waals surface area contributed by atoms with E-state index in [0.29, 0.717) is 18.3 Å². The van der Waals surface area contributed by atoms with Crippen LogP contribution in [0.4, 0.5) is 0 Å². The number of hydrogen-bond donors (Lipinski definition) is 1. The molecule has 0 radical (unpaired) electrons. The summed E-state index contributed by atoms with van der Waals surface area (Å²) in [6.45, 7) is 11.7. The van der Waals surface area contributed by atoms with Crippen molar-refractivity contribution in [2.24, 2.45) is 5.92 Å². The lowest BCUT2D eigenvalue weighted by Gasteiger charge is -2.30. The third-order valence-electron chi connectivity index (χ3n) is 7.00. The van der Waals surface area contributed by atoms with Gasteiger partial charge in [-0.2, -0.15) is 16.7 Å². The molecule has 1 fully saturated rings. The maximum atomic E-state index is 12.8. The van der Waals surface area contributed by atoms with Gasteiger partial charge in [0.1, 0.15) is 0 Å². The number of nitrogens with one attached hydrogen (secondary N) is 1. The summed E-state index contributed by atoms with van der Waals surface area (Å²) in [6, 6.07) is 16.9. The van der Waals surface area contributed by atoms with Crippen LogP contribution in [0.1, 0.15) is 62.6 Å². The zero-order valence-electron chi connectivity index (χ0n) is 22.6. The van der Waals surface area contributed by atoms with Gasteiger partial charge in [0.05, 0.1) is 12.5 Å². The van der Waals surface area contributed by atoms with E-state index >= 15 is 0 Å². The zero-order chi connectivity index (χ0) is 26.3. The summed E-state index contributed by atoms with van der Waals surface area (Å²) in [5.74, 6) is 3.46. The number of aryl methyl sites for hydroxylation is 1. The highest BCUT2D eigenvalue weighted by atomic mass is 32.2. The van der Waals surface area contributed by atoms with Crippen molar-refractivity contribution in [1.29, 1.82) is 0 Å². The maximum absolute atomic E-state index is 12.8. The van der Waals surface area contributed by atoms with E-state index in [-0.39, 0.29) is 17.2 Å². The summed E-state index contributed by atoms with van der Waals surface area (Å²) in [6.07, 6.45) is 2.92. The molecule has 1 aliphatic heterocycles. The van der Waals surface area contributed by atoms with Crippen LogP contribution < -0.4 is 5.32 Å². The minimum absolute atomic E-state index is 0.0145. The molecule has 1 aromatic heterocycles. The Labute approximate surface area is 225 Å². The van der Waals surface area contributed by atoms with Crippen LogP contribution in [0.2, 0.25) is 0 Å². The molecule has 1 unspecified atom stereocenters. The Morgan fingerprint density at radius 2 is 1.95 bits per heavy atom. The fraction of sp³-hybridized carbons (Fsp3) is 0.500. The number of carbonyl (C=O) groups is 1. The molecule has 1 aliphatic rings. The number of benzene rings is 2. The minimum atomic E-state index is 0.0145. The van der Waals surface area contributed by atoms with Crippen LogP contribution in [0.25, 0.3) is 11.4 Å². The molecule has 2 aromatic carbocycles. The van der Waals surface area contributed by atoms with E-state index in [0.717, 1.165) is 56.0 Å². The molecular weight excluding hydrogens is 480 g/mol. The van der Waals surface area contributed by atoms with Crippen molar-refractivity contribution in [3.05, 3.63) is 71.1 Å². The molecule has 0 aliphatic carbocycles. The predicted molar refractivity (Wildman–Crippen MR) is 151 cm³/mol. The van der Waals surface area contributed by atoms with E-state index in [4.69, 9.17) is 4.52 Å². The summed E-state index contributed by atoms with van der Waals surface area (Å²) in [7, 11) is 0. The maximum Gasteiger partial charge on any atom is 0.241 e. The van der Waals surface area contributed by atoms with E-state index in [1.165, 1.54) is 16.7 Å². The highest BCUT2D eigenvalue weighted by molar-refractivity contribution is 7.98. The van der Waals surface area contributed by atoms with E-state index in [2.05, 4.69) is 96.6 Å². The number of carbonyl (C=O) groups excluding carboxylic acids is 1. The summed E-state index contributed by atoms with van der Waals surface area (Å²) in [4.78, 5) is 19.7. The molecule has 0 bridgehead atoms. The van der Waals surface area contributed by atoms with Gasteiger partial charge in [0, 0.05) is 24.4 Å². The Hall–Kier alpha value is -2.64. The Bertz CT molecular complexity index is 1150. The lowest BCUT2D eigenvalue weighted by molar-refractivity contribution is -0.126. The summed E-state index contributed by atoms with van der Waals surface area (Å²) < 4.78 is 5.55. The smallest absolute Gasteiger partial charge is 0.241 e. The molecule has 198 valence electrons. The standard InChI is InChI=1S/C30H40N4O2S/c1-22-9-5-6-10-25(22)21-37-18-8-16-31-29(35)24-11-7-17-34(19-24)20-27-32-28(33-36-27)23-12-14-26(15-13-23)30(2,3)4/h5-6,9-10,12-15,24H,7-8,11,16-21H2,1-4H3,(H,31,35). The molecule has 7 heteroatoms. The average molecular weight is 521 g/mol. The second-order valence-electron chi connectivity index (χ2n) is 11.0. The van der Waals surface area contributed by atoms with Crippen LogP contribution in [0.5, 0.6) is 0 Å². The van der Waals surface area contributed by atoms with E-state index < -0.39 is 0 Å². The largest absolute Gasteiger partial charge is 0.356 e. The molecule has 4 rings (SSSR count). The third-order valence-corrected chi connectivity index (χ3v) is 8.09. The Morgan fingerprint density at radius 1 is 1.16 bits per heavy atom. The first-order valence-electron chi connectivity index (χ1n) is 13.4. The first-order chi connectivity index (χ1) is 17.8. The molecule has 37 heavy (non-hydrogen) atoms. The van der Waals surface area contributed by atoms with E-state index in [9.17, 15) is 4.79 Å². The molecule has 1 saturated heterocycles. The van der Waals surface area contributed by atoms with Crippen molar-refractivity contribution in [2.75, 3.05) is 25.4 Å². The van der Waals surface area contributed by atoms with Gasteiger partial charge in [-0.25, -0.2) is 0 Å². The van der Waals surface area contributed by atoms with Crippen LogP contribution in [0.3, 0.4) is 0 Å². The Balaban J connectivity index is 1.19. The average Bonchev–Trinajstić information content (AvgIpc) is 3.35. The van der Waals surface area contributed by atoms with Crippen molar-refractivity contribution in [2.45, 2.75) is 64.7 Å². The molecule has 6 nitrogen and oxygen atoms in total. The van der Waals surface area contributed by atoms with Gasteiger partial charge in [0.15, 0.2) is 0 Å². The molecule has 2 heterocycles. The predicted octanol–water partition coefficient (Wildman–Crippen LogP) is 5.99. The molecule has 1 N–H and O–H groups in total. The van der Waals surface area contributed by atoms with Crippen LogP contribution in [0, 0.1) is 12.8 Å². The number of rotatable bonds is 10. The first-order valence-corrected chi connectivity index (χ1v) is 14.5. The normalized spacial score (nSPS) is 16.6. The van der Waals surface area contributed by atoms with Crippen molar-refractivity contribution in [1.82, 2.24) is 20.4 Å². The SMILES string of the molecule is Cc1ccccc1CSCCCNC(=O)C1CCCN(Cc2nc(-c3ccc(C(C)(C)C)cc3)no2)C1. The summed E-state index contributed by atoms with van der Waals surface area (Å²) in [5, 5.41) is 7.35. The van der Waals surface area contributed by atoms with Crippen molar-refractivity contribution in [3.8, 4) is 11.4 Å². The quantitative estimate of drug-likeness (QED) is 0.331. The molecule has 3 aromatic rings. The molecule has 1 amide bonds. The van der Waals surface area contributed by atoms with Gasteiger partial charge in [-0.1, -0.05) is 74.5 Å². The van der Waals surface area contributed by atoms with Gasteiger partial charge < -0.3 is 9.84 Å². The highest BCUT2D eigenvalue weighted by Crippen LogP contribution is 2.25. The first kappa shape index (κ1) is 27.4. The number of amides is 1. The number of nitrogens with zero attached hydrogens (tertiary/aromatic N) is 3. The lowest BCUT2D eigenvalue weighted by Crippen LogP contribution is -2.43. The Morgan fingerprint density at radius 3 is 2.70 bits per heavy atom. The molecule has 0 spiro atoms. The van der Waals surface area contributed by atoms with Crippen molar-refractivity contribution < 1.29 is 9.32 Å². The van der Waals surface area contributed by atoms with Gasteiger partial charge >= 0.3 is 0 Å². The van der Waals surface area contributed by atoms with Gasteiger partial charge in [-0.05, 0) is 60.6 Å². The van der Waals surface area contributed by atoms with Crippen LogP contribution in [0.15, 0.2) is 53.1 Å². The molecule has 0 saturated carbocycles. The number of likely N-dealkylation sites (tertiary alicyclic amines) is 1. The summed E-state index contributed by atoms with van der Waals surface area (Å²) >= 11 is 1.93. The summed E-state index contributed by atoms with van der Waals surface area (Å²) in [5.41, 5.74) is 5.08. The minimum Gasteiger partial charge on any atom is -0.356 e. The third kappa shape index (κ3) is 7.92. The second-order valence-corrected chi connectivity index (χ2v) is 12.1. The zero-order valence-corrected chi connectivity index (χ0v) is 23.4. The fourth-order valence-electron chi connectivity index (χ4n) is 4.64. The van der Waals surface area contributed by atoms with Crippen molar-refractivity contribution >= 4 is 17.7 Å². The molecular formula is C30H40N4O2S. The van der Waals surface area contributed by atoms with Gasteiger partial charge in [-0.15, -0.1) is 0 Å². The number of piperidine rings is 1. The number of aromatic nitrogens is 2. The second kappa shape index (κ2) is 12.7. The monoisotopic (exact) mass is 520 g/mol. The molecule has 1 atom stereocenters. The van der Waals surface area contributed by atoms with Gasteiger partial charge in [-0.3, -0.25) is 9.69 Å². The van der Waals surface area contributed by atoms with Crippen LogP contribution in [-0.2, 0) is 22.5 Å². The van der Waals surface area contributed by atoms with Gasteiger partial charge in [0.2, 0.25) is 17.6 Å². The lowest BCUT2D eigenvalue weighted by atomic mass is 9.87. The van der Waals surface area contributed by atoms with E-state index in [1.54, 1.807) is 0 Å². The number of thioether (sulfide) groups is 1. The van der Waals surface area contributed by atoms with Crippen LogP contribution in [-0.4, -0.2) is 46.3 Å². The topological polar surface area (TPSA) is 71.3 Å². The highest BCUT2D eigenvalue weighted by Gasteiger charge is 2.26. The number of hydrogen-bond acceptors (Lipinski definition) is 6. The van der Waals surface area contributed by atoms with Crippen molar-refractivity contribution in [3.63, 3.8) is 0 Å². The van der Waals surface area contributed by atoms with Gasteiger partial charge in [0.25, 0.3) is 0 Å².